The minimum atomic E-state index is -0.274. The Balaban J connectivity index is 1.79. The lowest BCUT2D eigenvalue weighted by atomic mass is 10.1. The number of nitrogens with one attached hydrogen (secondary N) is 1. The molecule has 128 valence electrons. The van der Waals surface area contributed by atoms with Crippen molar-refractivity contribution in [3.8, 4) is 11.3 Å². The summed E-state index contributed by atoms with van der Waals surface area (Å²) in [4.78, 5) is 26.1. The highest BCUT2D eigenvalue weighted by molar-refractivity contribution is 7.16. The van der Waals surface area contributed by atoms with E-state index >= 15 is 0 Å². The number of carbonyl (C=O) groups is 1. The summed E-state index contributed by atoms with van der Waals surface area (Å²) in [6, 6.07) is 10.0. The largest absolute Gasteiger partial charge is 0.296 e. The standard InChI is InChI=1S/C19H20N4OS/c1-4-5-14-6-8-15(9-7-14)17-12(2)25-19(22-17)23-18(24)16-10-11-20-13(3)21-16/h6-11H,4-5H2,1-3H3,(H,22,23,24). The molecule has 0 fully saturated rings. The molecule has 0 aliphatic carbocycles. The zero-order chi connectivity index (χ0) is 17.8. The van der Waals surface area contributed by atoms with E-state index in [-0.39, 0.29) is 5.91 Å². The Morgan fingerprint density at radius 2 is 1.88 bits per heavy atom. The third-order valence-corrected chi connectivity index (χ3v) is 4.68. The first-order valence-electron chi connectivity index (χ1n) is 8.24. The van der Waals surface area contributed by atoms with E-state index in [1.165, 1.54) is 16.9 Å². The molecule has 0 atom stereocenters. The van der Waals surface area contributed by atoms with Crippen molar-refractivity contribution >= 4 is 22.4 Å². The van der Waals surface area contributed by atoms with E-state index in [0.717, 1.165) is 29.0 Å². The molecule has 2 aromatic heterocycles. The third kappa shape index (κ3) is 4.09. The lowest BCUT2D eigenvalue weighted by Gasteiger charge is -2.02. The second kappa shape index (κ2) is 7.53. The SMILES string of the molecule is CCCc1ccc(-c2nc(NC(=O)c3ccnc(C)n3)sc2C)cc1. The van der Waals surface area contributed by atoms with E-state index in [1.807, 2.05) is 6.92 Å². The van der Waals surface area contributed by atoms with Crippen molar-refractivity contribution in [2.75, 3.05) is 5.32 Å². The van der Waals surface area contributed by atoms with Crippen LogP contribution in [0.3, 0.4) is 0 Å². The summed E-state index contributed by atoms with van der Waals surface area (Å²) < 4.78 is 0. The Bertz CT molecular complexity index is 887. The first-order chi connectivity index (χ1) is 12.1. The molecule has 0 spiro atoms. The maximum Gasteiger partial charge on any atom is 0.276 e. The number of anilines is 1. The van der Waals surface area contributed by atoms with Crippen molar-refractivity contribution in [2.45, 2.75) is 33.6 Å². The van der Waals surface area contributed by atoms with Crippen LogP contribution in [-0.2, 0) is 6.42 Å². The normalized spacial score (nSPS) is 10.7. The van der Waals surface area contributed by atoms with Crippen LogP contribution < -0.4 is 5.32 Å². The van der Waals surface area contributed by atoms with Gasteiger partial charge in [0.1, 0.15) is 11.5 Å². The summed E-state index contributed by atoms with van der Waals surface area (Å²) in [5.74, 6) is 0.292. The van der Waals surface area contributed by atoms with Gasteiger partial charge in [-0.2, -0.15) is 0 Å². The zero-order valence-electron chi connectivity index (χ0n) is 14.5. The van der Waals surface area contributed by atoms with Gasteiger partial charge in [0.15, 0.2) is 5.13 Å². The molecule has 3 rings (SSSR count). The quantitative estimate of drug-likeness (QED) is 0.738. The highest BCUT2D eigenvalue weighted by Gasteiger charge is 2.14. The van der Waals surface area contributed by atoms with Crippen molar-refractivity contribution in [2.24, 2.45) is 0 Å². The van der Waals surface area contributed by atoms with Gasteiger partial charge in [0, 0.05) is 16.6 Å². The zero-order valence-corrected chi connectivity index (χ0v) is 15.4. The summed E-state index contributed by atoms with van der Waals surface area (Å²) in [5.41, 5.74) is 3.63. The van der Waals surface area contributed by atoms with Gasteiger partial charge in [-0.25, -0.2) is 15.0 Å². The molecule has 1 N–H and O–H groups in total. The van der Waals surface area contributed by atoms with Crippen LogP contribution in [0.25, 0.3) is 11.3 Å². The predicted molar refractivity (Wildman–Crippen MR) is 101 cm³/mol. The van der Waals surface area contributed by atoms with Gasteiger partial charge in [-0.1, -0.05) is 37.6 Å². The van der Waals surface area contributed by atoms with Crippen molar-refractivity contribution < 1.29 is 4.79 Å². The summed E-state index contributed by atoms with van der Waals surface area (Å²) >= 11 is 1.46. The molecule has 25 heavy (non-hydrogen) atoms. The molecule has 1 aromatic carbocycles. The van der Waals surface area contributed by atoms with Crippen LogP contribution in [0.15, 0.2) is 36.5 Å². The Kier molecular flexibility index (Phi) is 5.19. The Labute approximate surface area is 151 Å². The number of hydrogen-bond acceptors (Lipinski definition) is 5. The van der Waals surface area contributed by atoms with Gasteiger partial charge in [0.05, 0.1) is 5.69 Å². The van der Waals surface area contributed by atoms with Crippen LogP contribution in [0.1, 0.15) is 40.1 Å². The molecule has 0 bridgehead atoms. The predicted octanol–water partition coefficient (Wildman–Crippen LogP) is 4.42. The monoisotopic (exact) mass is 352 g/mol. The van der Waals surface area contributed by atoms with Crippen LogP contribution in [0.4, 0.5) is 5.13 Å². The second-order valence-corrected chi connectivity index (χ2v) is 7.02. The third-order valence-electron chi connectivity index (χ3n) is 3.79. The minimum Gasteiger partial charge on any atom is -0.296 e. The smallest absolute Gasteiger partial charge is 0.276 e. The minimum absolute atomic E-state index is 0.274. The van der Waals surface area contributed by atoms with Gasteiger partial charge in [-0.15, -0.1) is 11.3 Å². The number of thiazole rings is 1. The molecule has 0 unspecified atom stereocenters. The highest BCUT2D eigenvalue weighted by atomic mass is 32.1. The fourth-order valence-electron chi connectivity index (χ4n) is 2.58. The molecular formula is C19H20N4OS. The lowest BCUT2D eigenvalue weighted by Crippen LogP contribution is -2.14. The Morgan fingerprint density at radius 3 is 2.56 bits per heavy atom. The van der Waals surface area contributed by atoms with Gasteiger partial charge >= 0.3 is 0 Å². The van der Waals surface area contributed by atoms with Gasteiger partial charge in [0.2, 0.25) is 0 Å². The molecule has 5 nitrogen and oxygen atoms in total. The molecule has 1 amide bonds. The number of carbonyl (C=O) groups excluding carboxylic acids is 1. The summed E-state index contributed by atoms with van der Waals surface area (Å²) in [6.07, 6.45) is 3.79. The number of aryl methyl sites for hydroxylation is 3. The number of rotatable bonds is 5. The fourth-order valence-corrected chi connectivity index (χ4v) is 3.41. The molecule has 0 saturated carbocycles. The van der Waals surface area contributed by atoms with Gasteiger partial charge < -0.3 is 0 Å². The maximum atomic E-state index is 12.3. The van der Waals surface area contributed by atoms with Gasteiger partial charge in [-0.3, -0.25) is 10.1 Å². The molecule has 6 heteroatoms. The number of hydrogen-bond donors (Lipinski definition) is 1. The number of benzene rings is 1. The van der Waals surface area contributed by atoms with E-state index in [1.54, 1.807) is 19.2 Å². The fraction of sp³-hybridized carbons (Fsp3) is 0.263. The highest BCUT2D eigenvalue weighted by Crippen LogP contribution is 2.30. The first-order valence-corrected chi connectivity index (χ1v) is 9.06. The van der Waals surface area contributed by atoms with Crippen LogP contribution in [0.5, 0.6) is 0 Å². The van der Waals surface area contributed by atoms with Crippen molar-refractivity contribution in [1.29, 1.82) is 0 Å². The Morgan fingerprint density at radius 1 is 1.12 bits per heavy atom. The Hall–Kier alpha value is -2.60. The average molecular weight is 352 g/mol. The molecular weight excluding hydrogens is 332 g/mol. The van der Waals surface area contributed by atoms with Crippen molar-refractivity contribution in [3.63, 3.8) is 0 Å². The topological polar surface area (TPSA) is 67.8 Å². The van der Waals surface area contributed by atoms with Crippen LogP contribution >= 0.6 is 11.3 Å². The van der Waals surface area contributed by atoms with Gasteiger partial charge in [-0.05, 0) is 31.9 Å². The van der Waals surface area contributed by atoms with Gasteiger partial charge in [0.25, 0.3) is 5.91 Å². The van der Waals surface area contributed by atoms with Crippen LogP contribution in [0.2, 0.25) is 0 Å². The van der Waals surface area contributed by atoms with E-state index in [4.69, 9.17) is 0 Å². The van der Waals surface area contributed by atoms with E-state index in [2.05, 4.69) is 51.5 Å². The molecule has 0 aliphatic rings. The maximum absolute atomic E-state index is 12.3. The molecule has 0 saturated heterocycles. The van der Waals surface area contributed by atoms with E-state index in [9.17, 15) is 4.79 Å². The molecule has 0 aliphatic heterocycles. The van der Waals surface area contributed by atoms with Crippen molar-refractivity contribution in [1.82, 2.24) is 15.0 Å². The molecule has 2 heterocycles. The summed E-state index contributed by atoms with van der Waals surface area (Å²) in [6.45, 7) is 5.94. The van der Waals surface area contributed by atoms with Crippen LogP contribution in [-0.4, -0.2) is 20.9 Å². The van der Waals surface area contributed by atoms with E-state index < -0.39 is 0 Å². The lowest BCUT2D eigenvalue weighted by molar-refractivity contribution is 0.102. The second-order valence-electron chi connectivity index (χ2n) is 5.81. The first kappa shape index (κ1) is 17.2. The summed E-state index contributed by atoms with van der Waals surface area (Å²) in [7, 11) is 0. The van der Waals surface area contributed by atoms with Crippen LogP contribution in [0, 0.1) is 13.8 Å². The number of amides is 1. The number of aromatic nitrogens is 3. The molecule has 3 aromatic rings. The van der Waals surface area contributed by atoms with Crippen molar-refractivity contribution in [3.05, 3.63) is 58.5 Å². The number of nitrogens with zero attached hydrogens (tertiary/aromatic N) is 3. The molecule has 0 radical (unpaired) electrons. The van der Waals surface area contributed by atoms with E-state index in [0.29, 0.717) is 16.6 Å². The average Bonchev–Trinajstić information content (AvgIpc) is 2.96. The summed E-state index contributed by atoms with van der Waals surface area (Å²) in [5, 5.41) is 3.40.